The largest absolute Gasteiger partial charge is 0.507 e. The Kier molecular flexibility index (Phi) is 5.66. The van der Waals surface area contributed by atoms with Gasteiger partial charge in [0.05, 0.1) is 16.3 Å². The minimum absolute atomic E-state index is 0.163. The lowest BCUT2D eigenvalue weighted by molar-refractivity contribution is -0.135. The van der Waals surface area contributed by atoms with Crippen LogP contribution in [0.1, 0.15) is 17.3 Å². The fraction of sp³-hybridized carbons (Fsp3) is 0.0625. The van der Waals surface area contributed by atoms with Crippen LogP contribution < -0.4 is 4.72 Å². The van der Waals surface area contributed by atoms with Gasteiger partial charge >= 0.3 is 11.9 Å². The molecular formula is C16H13N3O7S. The van der Waals surface area contributed by atoms with Crippen LogP contribution in [-0.4, -0.2) is 36.3 Å². The number of carbonyl (C=O) groups excluding carboxylic acids is 2. The Morgan fingerprint density at radius 2 is 1.52 bits per heavy atom. The molecule has 0 atom stereocenters. The predicted octanol–water partition coefficient (Wildman–Crippen LogP) is 1.90. The Balaban J connectivity index is 2.20. The first-order valence-corrected chi connectivity index (χ1v) is 8.74. The second kappa shape index (κ2) is 7.74. The molecule has 1 amide bonds. The van der Waals surface area contributed by atoms with E-state index in [1.807, 2.05) is 0 Å². The van der Waals surface area contributed by atoms with Gasteiger partial charge in [-0.25, -0.2) is 17.9 Å². The van der Waals surface area contributed by atoms with Crippen LogP contribution in [0, 0.1) is 0 Å². The molecule has 2 aromatic rings. The van der Waals surface area contributed by atoms with Crippen molar-refractivity contribution in [3.63, 3.8) is 0 Å². The Bertz CT molecular complexity index is 1040. The van der Waals surface area contributed by atoms with Crippen molar-refractivity contribution < 1.29 is 33.0 Å². The van der Waals surface area contributed by atoms with Crippen molar-refractivity contribution >= 4 is 39.1 Å². The number of nitrogens with one attached hydrogen (secondary N) is 1. The molecule has 10 nitrogen and oxygen atoms in total. The molecule has 0 radical (unpaired) electrons. The lowest BCUT2D eigenvalue weighted by Crippen LogP contribution is -2.34. The summed E-state index contributed by atoms with van der Waals surface area (Å²) >= 11 is 0. The third kappa shape index (κ3) is 4.95. The van der Waals surface area contributed by atoms with Crippen molar-refractivity contribution in [1.82, 2.24) is 4.72 Å². The molecule has 2 rings (SSSR count). The van der Waals surface area contributed by atoms with Crippen molar-refractivity contribution in [3.8, 4) is 5.75 Å². The molecular weight excluding hydrogens is 378 g/mol. The SMILES string of the molecule is CC(=O)C(=O)NS(=O)(=O)c1ccc(N=Nc2ccc(O)c(C(=O)O)c2)cc1. The van der Waals surface area contributed by atoms with E-state index in [0.717, 1.165) is 31.2 Å². The van der Waals surface area contributed by atoms with Crippen molar-refractivity contribution in [2.75, 3.05) is 0 Å². The first-order chi connectivity index (χ1) is 12.6. The fourth-order valence-electron chi connectivity index (χ4n) is 1.82. The molecule has 140 valence electrons. The average molecular weight is 391 g/mol. The van der Waals surface area contributed by atoms with Crippen LogP contribution in [0.2, 0.25) is 0 Å². The number of aromatic carboxylic acids is 1. The second-order valence-corrected chi connectivity index (χ2v) is 6.87. The van der Waals surface area contributed by atoms with Crippen LogP contribution in [0.3, 0.4) is 0 Å². The summed E-state index contributed by atoms with van der Waals surface area (Å²) in [5, 5.41) is 26.0. The Labute approximate surface area is 153 Å². The van der Waals surface area contributed by atoms with Crippen molar-refractivity contribution in [1.29, 1.82) is 0 Å². The van der Waals surface area contributed by atoms with E-state index in [0.29, 0.717) is 0 Å². The molecule has 0 fully saturated rings. The molecule has 0 aliphatic carbocycles. The quantitative estimate of drug-likeness (QED) is 0.500. The van der Waals surface area contributed by atoms with Crippen molar-refractivity contribution in [3.05, 3.63) is 48.0 Å². The van der Waals surface area contributed by atoms with Gasteiger partial charge in [-0.3, -0.25) is 9.59 Å². The van der Waals surface area contributed by atoms with Crippen LogP contribution in [0.4, 0.5) is 11.4 Å². The standard InChI is InChI=1S/C16H13N3O7S/c1-9(20)15(22)19-27(25,26)12-5-2-10(3-6-12)17-18-11-4-7-14(21)13(8-11)16(23)24/h2-8,21H,1H3,(H,19,22)(H,23,24). The summed E-state index contributed by atoms with van der Waals surface area (Å²) in [6.45, 7) is 0.938. The Hall–Kier alpha value is -3.60. The summed E-state index contributed by atoms with van der Waals surface area (Å²) in [4.78, 5) is 32.8. The number of sulfonamides is 1. The van der Waals surface area contributed by atoms with Gasteiger partial charge in [0, 0.05) is 6.92 Å². The first kappa shape index (κ1) is 19.7. The van der Waals surface area contributed by atoms with Gasteiger partial charge in [-0.1, -0.05) is 0 Å². The smallest absolute Gasteiger partial charge is 0.339 e. The van der Waals surface area contributed by atoms with Crippen molar-refractivity contribution in [2.24, 2.45) is 10.2 Å². The van der Waals surface area contributed by atoms with Crippen LogP contribution >= 0.6 is 0 Å². The van der Waals surface area contributed by atoms with Crippen molar-refractivity contribution in [2.45, 2.75) is 11.8 Å². The third-order valence-corrected chi connectivity index (χ3v) is 4.53. The van der Waals surface area contributed by atoms with E-state index in [1.165, 1.54) is 18.2 Å². The Morgan fingerprint density at radius 3 is 2.07 bits per heavy atom. The van der Waals surface area contributed by atoms with E-state index in [2.05, 4.69) is 10.2 Å². The lowest BCUT2D eigenvalue weighted by Gasteiger charge is -2.05. The third-order valence-electron chi connectivity index (χ3n) is 3.19. The number of hydrogen-bond donors (Lipinski definition) is 3. The van der Waals surface area contributed by atoms with Gasteiger partial charge in [0.2, 0.25) is 5.78 Å². The van der Waals surface area contributed by atoms with E-state index in [-0.39, 0.29) is 21.8 Å². The average Bonchev–Trinajstić information content (AvgIpc) is 2.60. The lowest BCUT2D eigenvalue weighted by atomic mass is 10.2. The number of nitrogens with zero attached hydrogens (tertiary/aromatic N) is 2. The maximum atomic E-state index is 12.0. The summed E-state index contributed by atoms with van der Waals surface area (Å²) < 4.78 is 25.5. The van der Waals surface area contributed by atoms with Crippen LogP contribution in [0.15, 0.2) is 57.6 Å². The molecule has 3 N–H and O–H groups in total. The van der Waals surface area contributed by atoms with Gasteiger partial charge < -0.3 is 10.2 Å². The van der Waals surface area contributed by atoms with E-state index in [1.54, 1.807) is 4.72 Å². The predicted molar refractivity (Wildman–Crippen MR) is 91.7 cm³/mol. The zero-order valence-corrected chi connectivity index (χ0v) is 14.6. The number of hydrogen-bond acceptors (Lipinski definition) is 8. The molecule has 0 spiro atoms. The minimum Gasteiger partial charge on any atom is -0.507 e. The number of Topliss-reactive ketones (excluding diaryl/α,β-unsaturated/α-hetero) is 1. The maximum absolute atomic E-state index is 12.0. The molecule has 0 bridgehead atoms. The number of benzene rings is 2. The summed E-state index contributed by atoms with van der Waals surface area (Å²) in [5.41, 5.74) is 0.0709. The van der Waals surface area contributed by atoms with Crippen LogP contribution in [0.5, 0.6) is 5.75 Å². The van der Waals surface area contributed by atoms with E-state index < -0.39 is 33.4 Å². The number of azo groups is 1. The number of amides is 1. The Morgan fingerprint density at radius 1 is 0.963 bits per heavy atom. The molecule has 2 aromatic carbocycles. The molecule has 11 heteroatoms. The number of aromatic hydroxyl groups is 1. The highest BCUT2D eigenvalue weighted by Gasteiger charge is 2.19. The summed E-state index contributed by atoms with van der Waals surface area (Å²) in [5.74, 6) is -3.94. The van der Waals surface area contributed by atoms with E-state index in [4.69, 9.17) is 5.11 Å². The maximum Gasteiger partial charge on any atom is 0.339 e. The summed E-state index contributed by atoms with van der Waals surface area (Å²) in [6.07, 6.45) is 0. The van der Waals surface area contributed by atoms with Gasteiger partial charge in [0.15, 0.2) is 0 Å². The highest BCUT2D eigenvalue weighted by molar-refractivity contribution is 7.90. The summed E-state index contributed by atoms with van der Waals surface area (Å²) in [6, 6.07) is 8.54. The molecule has 27 heavy (non-hydrogen) atoms. The number of phenols is 1. The van der Waals surface area contributed by atoms with Gasteiger partial charge in [-0.2, -0.15) is 10.2 Å². The normalized spacial score (nSPS) is 11.3. The number of carboxylic acid groups (broad SMARTS) is 1. The van der Waals surface area contributed by atoms with Gasteiger partial charge in [-0.15, -0.1) is 0 Å². The topological polar surface area (TPSA) is 163 Å². The minimum atomic E-state index is -4.19. The fourth-order valence-corrected chi connectivity index (χ4v) is 2.82. The zero-order valence-electron chi connectivity index (χ0n) is 13.8. The van der Waals surface area contributed by atoms with E-state index in [9.17, 15) is 27.9 Å². The van der Waals surface area contributed by atoms with Gasteiger partial charge in [0.1, 0.15) is 11.3 Å². The molecule has 0 saturated heterocycles. The number of carboxylic acids is 1. The molecule has 0 aliphatic heterocycles. The number of carbonyl (C=O) groups is 3. The molecule has 0 heterocycles. The van der Waals surface area contributed by atoms with E-state index >= 15 is 0 Å². The monoisotopic (exact) mass is 391 g/mol. The zero-order chi connectivity index (χ0) is 20.2. The number of rotatable bonds is 6. The molecule has 0 aromatic heterocycles. The first-order valence-electron chi connectivity index (χ1n) is 7.26. The highest BCUT2D eigenvalue weighted by Crippen LogP contribution is 2.25. The molecule has 0 aliphatic rings. The molecule has 0 saturated carbocycles. The van der Waals surface area contributed by atoms with Crippen LogP contribution in [-0.2, 0) is 19.6 Å². The number of ketones is 1. The highest BCUT2D eigenvalue weighted by atomic mass is 32.2. The second-order valence-electron chi connectivity index (χ2n) is 5.19. The molecule has 0 unspecified atom stereocenters. The van der Waals surface area contributed by atoms with Crippen LogP contribution in [0.25, 0.3) is 0 Å². The summed E-state index contributed by atoms with van der Waals surface area (Å²) in [7, 11) is -4.19. The van der Waals surface area contributed by atoms with Gasteiger partial charge in [0.25, 0.3) is 10.0 Å². The van der Waals surface area contributed by atoms with Gasteiger partial charge in [-0.05, 0) is 42.5 Å².